The molecule has 0 heterocycles. The summed E-state index contributed by atoms with van der Waals surface area (Å²) in [6.07, 6.45) is 1.20. The van der Waals surface area contributed by atoms with Crippen LogP contribution in [0.1, 0.15) is 12.0 Å². The van der Waals surface area contributed by atoms with Crippen molar-refractivity contribution in [3.05, 3.63) is 35.9 Å². The van der Waals surface area contributed by atoms with Crippen molar-refractivity contribution >= 4 is 40.5 Å². The van der Waals surface area contributed by atoms with Crippen molar-refractivity contribution in [3.63, 3.8) is 0 Å². The summed E-state index contributed by atoms with van der Waals surface area (Å²) in [6.45, 7) is 0. The van der Waals surface area contributed by atoms with E-state index >= 15 is 0 Å². The van der Waals surface area contributed by atoms with Gasteiger partial charge in [-0.15, -0.1) is 0 Å². The van der Waals surface area contributed by atoms with Crippen LogP contribution in [0.15, 0.2) is 30.3 Å². The Balaban J connectivity index is 2.46. The molecule has 1 N–H and O–H groups in total. The van der Waals surface area contributed by atoms with Crippen LogP contribution in [0.2, 0.25) is 0 Å². The number of halogens is 3. The topological polar surface area (TPSA) is 23.9 Å². The largest absolute Gasteiger partial charge is 0.305 e. The van der Waals surface area contributed by atoms with E-state index in [0.717, 1.165) is 12.0 Å². The highest BCUT2D eigenvalue weighted by Crippen LogP contribution is 2.29. The number of benzene rings is 1. The van der Waals surface area contributed by atoms with Crippen molar-refractivity contribution in [1.29, 1.82) is 5.41 Å². The number of hydrogen-bond acceptors (Lipinski definition) is 1. The molecule has 4 heteroatoms. The third-order valence-electron chi connectivity index (χ3n) is 1.85. The number of aryl methyl sites for hydroxylation is 1. The van der Waals surface area contributed by atoms with Crippen LogP contribution < -0.4 is 0 Å². The minimum atomic E-state index is -1.56. The van der Waals surface area contributed by atoms with Crippen LogP contribution in [0.25, 0.3) is 0 Å². The summed E-state index contributed by atoms with van der Waals surface area (Å²) in [5.41, 5.74) is 1.28. The Morgan fingerprint density at radius 1 is 1.14 bits per heavy atom. The first-order valence-electron chi connectivity index (χ1n) is 4.18. The van der Waals surface area contributed by atoms with E-state index in [2.05, 4.69) is 0 Å². The fraction of sp³-hybridized carbons (Fsp3) is 0.300. The lowest BCUT2D eigenvalue weighted by Gasteiger charge is -2.11. The predicted molar refractivity (Wildman–Crippen MR) is 62.8 cm³/mol. The van der Waals surface area contributed by atoms with Gasteiger partial charge < -0.3 is 5.41 Å². The van der Waals surface area contributed by atoms with E-state index in [9.17, 15) is 0 Å². The van der Waals surface area contributed by atoms with Gasteiger partial charge in [-0.3, -0.25) is 0 Å². The molecule has 1 rings (SSSR count). The zero-order valence-corrected chi connectivity index (χ0v) is 9.70. The predicted octanol–water partition coefficient (Wildman–Crippen LogP) is 4.01. The van der Waals surface area contributed by atoms with Crippen molar-refractivity contribution in [3.8, 4) is 0 Å². The van der Waals surface area contributed by atoms with Crippen LogP contribution >= 0.6 is 34.8 Å². The van der Waals surface area contributed by atoms with E-state index in [1.807, 2.05) is 30.3 Å². The van der Waals surface area contributed by atoms with Gasteiger partial charge in [0.05, 0.1) is 5.71 Å². The molecule has 0 aliphatic rings. The molecule has 1 aromatic rings. The highest BCUT2D eigenvalue weighted by molar-refractivity contribution is 6.76. The molecule has 0 unspecified atom stereocenters. The quantitative estimate of drug-likeness (QED) is 0.619. The molecule has 0 amide bonds. The van der Waals surface area contributed by atoms with Gasteiger partial charge in [-0.1, -0.05) is 65.1 Å². The summed E-state index contributed by atoms with van der Waals surface area (Å²) in [6, 6.07) is 9.84. The number of rotatable bonds is 3. The van der Waals surface area contributed by atoms with E-state index in [4.69, 9.17) is 40.2 Å². The Morgan fingerprint density at radius 2 is 1.71 bits per heavy atom. The number of nitrogens with one attached hydrogen (secondary N) is 1. The first-order chi connectivity index (χ1) is 6.50. The minimum Gasteiger partial charge on any atom is -0.305 e. The first-order valence-corrected chi connectivity index (χ1v) is 5.32. The van der Waals surface area contributed by atoms with Gasteiger partial charge >= 0.3 is 0 Å². The number of hydrogen-bond donors (Lipinski definition) is 1. The van der Waals surface area contributed by atoms with Crippen LogP contribution in [0.3, 0.4) is 0 Å². The maximum atomic E-state index is 7.49. The van der Waals surface area contributed by atoms with Crippen molar-refractivity contribution in [2.24, 2.45) is 0 Å². The lowest BCUT2D eigenvalue weighted by atomic mass is 10.1. The summed E-state index contributed by atoms with van der Waals surface area (Å²) < 4.78 is -1.56. The molecule has 0 spiro atoms. The average Bonchev–Trinajstić information content (AvgIpc) is 2.14. The van der Waals surface area contributed by atoms with E-state index in [0.29, 0.717) is 6.42 Å². The Morgan fingerprint density at radius 3 is 2.21 bits per heavy atom. The Kier molecular flexibility index (Phi) is 4.24. The highest BCUT2D eigenvalue weighted by Gasteiger charge is 2.25. The van der Waals surface area contributed by atoms with Gasteiger partial charge in [0, 0.05) is 0 Å². The summed E-state index contributed by atoms with van der Waals surface area (Å²) in [4.78, 5) is 0. The fourth-order valence-corrected chi connectivity index (χ4v) is 1.34. The molecule has 0 atom stereocenters. The molecule has 0 bridgehead atoms. The van der Waals surface area contributed by atoms with Crippen LogP contribution in [-0.2, 0) is 6.42 Å². The number of alkyl halides is 3. The molecule has 0 saturated carbocycles. The third kappa shape index (κ3) is 3.87. The second-order valence-corrected chi connectivity index (χ2v) is 5.24. The van der Waals surface area contributed by atoms with Crippen molar-refractivity contribution in [2.45, 2.75) is 16.6 Å². The Labute approximate surface area is 98.5 Å². The molecule has 0 aliphatic carbocycles. The molecule has 0 aliphatic heterocycles. The normalized spacial score (nSPS) is 11.4. The molecule has 0 radical (unpaired) electrons. The average molecular weight is 251 g/mol. The molecule has 0 saturated heterocycles. The SMILES string of the molecule is N=C(CCc1ccccc1)C(Cl)(Cl)Cl. The Hall–Kier alpha value is -0.240. The van der Waals surface area contributed by atoms with E-state index in [1.165, 1.54) is 0 Å². The van der Waals surface area contributed by atoms with Crippen LogP contribution in [0, 0.1) is 5.41 Å². The van der Waals surface area contributed by atoms with E-state index in [1.54, 1.807) is 0 Å². The van der Waals surface area contributed by atoms with Gasteiger partial charge in [0.1, 0.15) is 0 Å². The maximum Gasteiger partial charge on any atom is 0.228 e. The van der Waals surface area contributed by atoms with Crippen molar-refractivity contribution in [2.75, 3.05) is 0 Å². The third-order valence-corrected chi connectivity index (χ3v) is 2.53. The summed E-state index contributed by atoms with van der Waals surface area (Å²) in [5, 5.41) is 7.49. The standard InChI is InChI=1S/C10H10Cl3N/c11-10(12,13)9(14)7-6-8-4-2-1-3-5-8/h1-5,14H,6-7H2. The van der Waals surface area contributed by atoms with Crippen LogP contribution in [-0.4, -0.2) is 9.50 Å². The smallest absolute Gasteiger partial charge is 0.228 e. The second kappa shape index (κ2) is 5.01. The summed E-state index contributed by atoms with van der Waals surface area (Å²) >= 11 is 16.7. The molecule has 0 fully saturated rings. The molecule has 1 aromatic carbocycles. The molecule has 1 nitrogen and oxygen atoms in total. The van der Waals surface area contributed by atoms with Gasteiger partial charge in [-0.05, 0) is 18.4 Å². The van der Waals surface area contributed by atoms with Gasteiger partial charge in [-0.2, -0.15) is 0 Å². The molecule has 0 aromatic heterocycles. The fourth-order valence-electron chi connectivity index (χ4n) is 1.06. The highest BCUT2D eigenvalue weighted by atomic mass is 35.6. The molecular formula is C10H10Cl3N. The van der Waals surface area contributed by atoms with Gasteiger partial charge in [0.2, 0.25) is 3.79 Å². The summed E-state index contributed by atoms with van der Waals surface area (Å²) in [7, 11) is 0. The zero-order chi connectivity index (χ0) is 10.6. The lowest BCUT2D eigenvalue weighted by molar-refractivity contribution is 1.01. The van der Waals surface area contributed by atoms with Crippen molar-refractivity contribution in [1.82, 2.24) is 0 Å². The van der Waals surface area contributed by atoms with Gasteiger partial charge in [0.15, 0.2) is 0 Å². The lowest BCUT2D eigenvalue weighted by Crippen LogP contribution is -2.18. The second-order valence-electron chi connectivity index (χ2n) is 2.96. The van der Waals surface area contributed by atoms with Crippen molar-refractivity contribution < 1.29 is 0 Å². The summed E-state index contributed by atoms with van der Waals surface area (Å²) in [5.74, 6) is 0. The molecule has 76 valence electrons. The molecule has 14 heavy (non-hydrogen) atoms. The molecular weight excluding hydrogens is 240 g/mol. The Bertz CT molecular complexity index is 303. The van der Waals surface area contributed by atoms with E-state index < -0.39 is 3.79 Å². The first kappa shape index (κ1) is 11.8. The maximum absolute atomic E-state index is 7.49. The monoisotopic (exact) mass is 249 g/mol. The van der Waals surface area contributed by atoms with Gasteiger partial charge in [0.25, 0.3) is 0 Å². The van der Waals surface area contributed by atoms with E-state index in [-0.39, 0.29) is 5.71 Å². The zero-order valence-electron chi connectivity index (χ0n) is 7.43. The minimum absolute atomic E-state index is 0.131. The van der Waals surface area contributed by atoms with Crippen LogP contribution in [0.4, 0.5) is 0 Å². The van der Waals surface area contributed by atoms with Gasteiger partial charge in [-0.25, -0.2) is 0 Å². The van der Waals surface area contributed by atoms with Crippen LogP contribution in [0.5, 0.6) is 0 Å².